The quantitative estimate of drug-likeness (QED) is 0.569. The van der Waals surface area contributed by atoms with E-state index in [1.54, 1.807) is 24.2 Å². The highest BCUT2D eigenvalue weighted by molar-refractivity contribution is 5.97. The fourth-order valence-electron chi connectivity index (χ4n) is 4.40. The van der Waals surface area contributed by atoms with Crippen LogP contribution in [0.15, 0.2) is 54.6 Å². The number of carbonyl (C=O) groups excluding carboxylic acids is 1. The zero-order valence-electron chi connectivity index (χ0n) is 18.9. The molecule has 0 spiro atoms. The van der Waals surface area contributed by atoms with Crippen molar-refractivity contribution in [1.29, 1.82) is 0 Å². The second kappa shape index (κ2) is 8.61. The van der Waals surface area contributed by atoms with E-state index in [1.165, 1.54) is 0 Å². The monoisotopic (exact) mass is 446 g/mol. The number of ether oxygens (including phenoxy) is 3. The Morgan fingerprint density at radius 2 is 2.06 bits per heavy atom. The molecule has 0 N–H and O–H groups in total. The van der Waals surface area contributed by atoms with Crippen LogP contribution in [0.25, 0.3) is 11.8 Å². The molecule has 2 atom stereocenters. The lowest BCUT2D eigenvalue weighted by atomic mass is 9.97. The highest BCUT2D eigenvalue weighted by atomic mass is 16.5. The maximum atomic E-state index is 13.5. The number of rotatable bonds is 4. The van der Waals surface area contributed by atoms with Gasteiger partial charge in [0.05, 0.1) is 26.3 Å². The number of hydrogen-bond acceptors (Lipinski definition) is 6. The molecule has 0 bridgehead atoms. The summed E-state index contributed by atoms with van der Waals surface area (Å²) in [6.45, 7) is 4.93. The van der Waals surface area contributed by atoms with Gasteiger partial charge < -0.3 is 19.1 Å². The van der Waals surface area contributed by atoms with Crippen molar-refractivity contribution >= 4 is 12.0 Å². The maximum Gasteiger partial charge on any atom is 0.289 e. The summed E-state index contributed by atoms with van der Waals surface area (Å²) in [5.41, 5.74) is 2.61. The number of methoxy groups -OCH3 is 1. The Morgan fingerprint density at radius 3 is 2.85 bits per heavy atom. The number of morpholine rings is 1. The molecule has 0 saturated carbocycles. The fraction of sp³-hybridized carbons (Fsp3) is 0.320. The van der Waals surface area contributed by atoms with E-state index in [1.807, 2.05) is 61.2 Å². The molecule has 2 aliphatic heterocycles. The minimum absolute atomic E-state index is 0.0373. The maximum absolute atomic E-state index is 13.5. The smallest absolute Gasteiger partial charge is 0.289 e. The van der Waals surface area contributed by atoms with Crippen LogP contribution < -0.4 is 9.47 Å². The van der Waals surface area contributed by atoms with Crippen LogP contribution in [-0.4, -0.2) is 51.9 Å². The molecule has 33 heavy (non-hydrogen) atoms. The van der Waals surface area contributed by atoms with Crippen LogP contribution in [0.3, 0.4) is 0 Å². The number of carbonyl (C=O) groups is 1. The Kier molecular flexibility index (Phi) is 5.50. The number of para-hydroxylation sites is 1. The van der Waals surface area contributed by atoms with E-state index in [0.717, 1.165) is 29.0 Å². The minimum atomic E-state index is -0.122. The van der Waals surface area contributed by atoms with Crippen LogP contribution in [-0.2, 0) is 9.53 Å². The highest BCUT2D eigenvalue weighted by Gasteiger charge is 2.37. The van der Waals surface area contributed by atoms with Gasteiger partial charge in [-0.25, -0.2) is 9.67 Å². The van der Waals surface area contributed by atoms with E-state index >= 15 is 0 Å². The second-order valence-electron chi connectivity index (χ2n) is 8.25. The van der Waals surface area contributed by atoms with Gasteiger partial charge in [0.1, 0.15) is 35.4 Å². The molecule has 1 unspecified atom stereocenters. The van der Waals surface area contributed by atoms with Crippen molar-refractivity contribution in [2.45, 2.75) is 32.4 Å². The SMILES string of the molecule is COc1cc(C=C2O[C@@H](C)CN(C3CCOc4ccccc43)C2=O)ccc1-n1cnc(C)n1. The van der Waals surface area contributed by atoms with Crippen LogP contribution >= 0.6 is 0 Å². The lowest BCUT2D eigenvalue weighted by Crippen LogP contribution is -2.47. The Labute approximate surface area is 192 Å². The van der Waals surface area contributed by atoms with Crippen LogP contribution in [0.5, 0.6) is 11.5 Å². The van der Waals surface area contributed by atoms with Crippen molar-refractivity contribution in [2.75, 3.05) is 20.3 Å². The Morgan fingerprint density at radius 1 is 1.21 bits per heavy atom. The standard InChI is InChI=1S/C25H26N4O4/c1-16-14-28(20-10-11-32-22-7-5-4-6-19(20)22)25(30)24(33-16)13-18-8-9-21(23(12-18)31-3)29-15-26-17(2)27-29/h4-9,12-13,15-16,20H,10-11,14H2,1-3H3/t16-,20?/m0/s1. The molecule has 5 rings (SSSR count). The summed E-state index contributed by atoms with van der Waals surface area (Å²) in [4.78, 5) is 19.6. The van der Waals surface area contributed by atoms with E-state index in [2.05, 4.69) is 10.1 Å². The number of aromatic nitrogens is 3. The van der Waals surface area contributed by atoms with Gasteiger partial charge in [0.25, 0.3) is 5.91 Å². The topological polar surface area (TPSA) is 78.7 Å². The first-order chi connectivity index (χ1) is 16.0. The molecule has 170 valence electrons. The summed E-state index contributed by atoms with van der Waals surface area (Å²) >= 11 is 0. The van der Waals surface area contributed by atoms with Crippen LogP contribution in [0.4, 0.5) is 0 Å². The van der Waals surface area contributed by atoms with Gasteiger partial charge in [0, 0.05) is 12.0 Å². The minimum Gasteiger partial charge on any atom is -0.494 e. The molecule has 2 aliphatic rings. The zero-order chi connectivity index (χ0) is 22.9. The largest absolute Gasteiger partial charge is 0.494 e. The molecular weight excluding hydrogens is 420 g/mol. The molecular formula is C25H26N4O4. The molecule has 1 aromatic heterocycles. The molecule has 3 aromatic rings. The summed E-state index contributed by atoms with van der Waals surface area (Å²) in [7, 11) is 1.61. The van der Waals surface area contributed by atoms with Gasteiger partial charge in [0.15, 0.2) is 5.76 Å². The van der Waals surface area contributed by atoms with Gasteiger partial charge in [-0.15, -0.1) is 0 Å². The molecule has 1 fully saturated rings. The number of fused-ring (bicyclic) bond motifs is 1. The van der Waals surface area contributed by atoms with E-state index in [4.69, 9.17) is 14.2 Å². The molecule has 1 saturated heterocycles. The van der Waals surface area contributed by atoms with E-state index in [0.29, 0.717) is 30.5 Å². The molecule has 8 nitrogen and oxygen atoms in total. The molecule has 3 heterocycles. The first kappa shape index (κ1) is 21.1. The van der Waals surface area contributed by atoms with Gasteiger partial charge in [0.2, 0.25) is 0 Å². The summed E-state index contributed by atoms with van der Waals surface area (Å²) in [6, 6.07) is 13.6. The van der Waals surface area contributed by atoms with Crippen molar-refractivity contribution in [3.05, 3.63) is 71.5 Å². The number of benzene rings is 2. The second-order valence-corrected chi connectivity index (χ2v) is 8.25. The highest BCUT2D eigenvalue weighted by Crippen LogP contribution is 2.38. The number of amides is 1. The lowest BCUT2D eigenvalue weighted by Gasteiger charge is -2.40. The Bertz CT molecular complexity index is 1220. The van der Waals surface area contributed by atoms with E-state index in [9.17, 15) is 4.79 Å². The van der Waals surface area contributed by atoms with Gasteiger partial charge in [-0.1, -0.05) is 24.3 Å². The average Bonchev–Trinajstić information content (AvgIpc) is 3.26. The van der Waals surface area contributed by atoms with Gasteiger partial charge in [-0.2, -0.15) is 5.10 Å². The van der Waals surface area contributed by atoms with Crippen molar-refractivity contribution in [2.24, 2.45) is 0 Å². The van der Waals surface area contributed by atoms with Crippen molar-refractivity contribution in [1.82, 2.24) is 19.7 Å². The summed E-state index contributed by atoms with van der Waals surface area (Å²) in [5.74, 6) is 2.35. The fourth-order valence-corrected chi connectivity index (χ4v) is 4.40. The van der Waals surface area contributed by atoms with Crippen molar-refractivity contribution < 1.29 is 19.0 Å². The molecule has 8 heteroatoms. The van der Waals surface area contributed by atoms with E-state index < -0.39 is 0 Å². The number of nitrogens with zero attached hydrogens (tertiary/aromatic N) is 4. The van der Waals surface area contributed by atoms with E-state index in [-0.39, 0.29) is 18.1 Å². The predicted molar refractivity (Wildman–Crippen MR) is 122 cm³/mol. The summed E-state index contributed by atoms with van der Waals surface area (Å²) < 4.78 is 19.0. The third-order valence-electron chi connectivity index (χ3n) is 5.91. The predicted octanol–water partition coefficient (Wildman–Crippen LogP) is 3.70. The third kappa shape index (κ3) is 4.04. The first-order valence-corrected chi connectivity index (χ1v) is 11.0. The van der Waals surface area contributed by atoms with Crippen molar-refractivity contribution in [3.63, 3.8) is 0 Å². The lowest BCUT2D eigenvalue weighted by molar-refractivity contribution is -0.142. The number of aryl methyl sites for hydroxylation is 1. The molecule has 0 aliphatic carbocycles. The first-order valence-electron chi connectivity index (χ1n) is 11.0. The van der Waals surface area contributed by atoms with Gasteiger partial charge in [-0.05, 0) is 43.7 Å². The van der Waals surface area contributed by atoms with Crippen LogP contribution in [0.1, 0.15) is 36.3 Å². The van der Waals surface area contributed by atoms with Crippen molar-refractivity contribution in [3.8, 4) is 17.2 Å². The van der Waals surface area contributed by atoms with Crippen LogP contribution in [0.2, 0.25) is 0 Å². The molecule has 2 aromatic carbocycles. The number of hydrogen-bond donors (Lipinski definition) is 0. The molecule has 0 radical (unpaired) electrons. The Hall–Kier alpha value is -3.81. The zero-order valence-corrected chi connectivity index (χ0v) is 18.9. The van der Waals surface area contributed by atoms with Gasteiger partial charge >= 0.3 is 0 Å². The molecule has 1 amide bonds. The van der Waals surface area contributed by atoms with Gasteiger partial charge in [-0.3, -0.25) is 4.79 Å². The van der Waals surface area contributed by atoms with Crippen LogP contribution in [0, 0.1) is 6.92 Å². The summed E-state index contributed by atoms with van der Waals surface area (Å²) in [5, 5.41) is 4.35. The Balaban J connectivity index is 1.46. The third-order valence-corrected chi connectivity index (χ3v) is 5.91. The normalized spacial score (nSPS) is 21.4. The summed E-state index contributed by atoms with van der Waals surface area (Å²) in [6.07, 6.45) is 4.05. The average molecular weight is 447 g/mol.